The van der Waals surface area contributed by atoms with Crippen molar-refractivity contribution in [2.24, 2.45) is 11.8 Å². The van der Waals surface area contributed by atoms with Crippen molar-refractivity contribution in [1.82, 2.24) is 20.0 Å². The minimum absolute atomic E-state index is 0.0788. The maximum atomic E-state index is 13.4. The number of carbonyl (C=O) groups excluding carboxylic acids is 4. The fourth-order valence-electron chi connectivity index (χ4n) is 5.40. The van der Waals surface area contributed by atoms with Crippen LogP contribution in [0, 0.1) is 11.8 Å². The Hall–Kier alpha value is -2.38. The predicted molar refractivity (Wildman–Crippen MR) is 115 cm³/mol. The zero-order chi connectivity index (χ0) is 22.2. The third kappa shape index (κ3) is 4.21. The Morgan fingerprint density at radius 2 is 1.87 bits per heavy atom. The van der Waals surface area contributed by atoms with Crippen molar-refractivity contribution in [3.63, 3.8) is 0 Å². The topological polar surface area (TPSA) is 90.0 Å². The van der Waals surface area contributed by atoms with E-state index in [2.05, 4.69) is 17.5 Å². The first-order valence-corrected chi connectivity index (χ1v) is 11.7. The van der Waals surface area contributed by atoms with Crippen LogP contribution in [-0.2, 0) is 14.4 Å². The minimum Gasteiger partial charge on any atom is -0.342 e. The number of urea groups is 1. The number of carbonyl (C=O) groups is 4. The van der Waals surface area contributed by atoms with E-state index in [1.54, 1.807) is 4.90 Å². The monoisotopic (exact) mass is 430 g/mol. The molecule has 4 aliphatic rings. The lowest BCUT2D eigenvalue weighted by atomic mass is 9.86. The Labute approximate surface area is 184 Å². The van der Waals surface area contributed by atoms with Gasteiger partial charge in [-0.25, -0.2) is 4.79 Å². The normalized spacial score (nSPS) is 28.0. The summed E-state index contributed by atoms with van der Waals surface area (Å²) in [5.41, 5.74) is -0.911. The molecule has 1 spiro atoms. The molecule has 3 saturated heterocycles. The fourth-order valence-corrected chi connectivity index (χ4v) is 5.40. The Morgan fingerprint density at radius 1 is 1.13 bits per heavy atom. The molecule has 0 aromatic carbocycles. The van der Waals surface area contributed by atoms with Crippen molar-refractivity contribution in [3.05, 3.63) is 12.2 Å². The molecule has 8 nitrogen and oxygen atoms in total. The number of piperidine rings is 2. The van der Waals surface area contributed by atoms with E-state index < -0.39 is 5.54 Å². The number of hydrogen-bond donors (Lipinski definition) is 1. The summed E-state index contributed by atoms with van der Waals surface area (Å²) in [5.74, 6) is 0.245. The van der Waals surface area contributed by atoms with E-state index in [1.807, 2.05) is 18.7 Å². The van der Waals surface area contributed by atoms with Gasteiger partial charge in [0, 0.05) is 38.5 Å². The zero-order valence-corrected chi connectivity index (χ0v) is 18.6. The third-order valence-electron chi connectivity index (χ3n) is 7.28. The molecule has 31 heavy (non-hydrogen) atoms. The van der Waals surface area contributed by atoms with E-state index in [4.69, 9.17) is 0 Å². The Morgan fingerprint density at radius 3 is 2.52 bits per heavy atom. The summed E-state index contributed by atoms with van der Waals surface area (Å²) in [5, 5.41) is 2.94. The van der Waals surface area contributed by atoms with Gasteiger partial charge in [0.2, 0.25) is 11.8 Å². The highest BCUT2D eigenvalue weighted by Crippen LogP contribution is 2.33. The highest BCUT2D eigenvalue weighted by atomic mass is 16.2. The van der Waals surface area contributed by atoms with Crippen molar-refractivity contribution >= 4 is 23.8 Å². The number of nitrogens with zero attached hydrogens (tertiary/aromatic N) is 3. The summed E-state index contributed by atoms with van der Waals surface area (Å²) in [6.45, 7) is 5.80. The van der Waals surface area contributed by atoms with Crippen molar-refractivity contribution in [2.45, 2.75) is 70.4 Å². The number of hydrogen-bond acceptors (Lipinski definition) is 4. The quantitative estimate of drug-likeness (QED) is 0.545. The van der Waals surface area contributed by atoms with Gasteiger partial charge in [0.25, 0.3) is 5.91 Å². The molecule has 0 aromatic heterocycles. The van der Waals surface area contributed by atoms with Crippen LogP contribution in [0.5, 0.6) is 0 Å². The lowest BCUT2D eigenvalue weighted by Gasteiger charge is -2.39. The van der Waals surface area contributed by atoms with Gasteiger partial charge in [-0.05, 0) is 44.4 Å². The van der Waals surface area contributed by atoms with E-state index in [1.165, 1.54) is 4.90 Å². The number of allylic oxidation sites excluding steroid dienone is 2. The van der Waals surface area contributed by atoms with Crippen LogP contribution < -0.4 is 5.32 Å². The number of likely N-dealkylation sites (tertiary alicyclic amines) is 2. The average Bonchev–Trinajstić information content (AvgIpc) is 3.34. The Bertz CT molecular complexity index is 784. The molecule has 5 amide bonds. The molecular weight excluding hydrogens is 396 g/mol. The number of imide groups is 1. The lowest BCUT2D eigenvalue weighted by Crippen LogP contribution is -2.57. The van der Waals surface area contributed by atoms with Gasteiger partial charge in [-0.1, -0.05) is 26.0 Å². The van der Waals surface area contributed by atoms with Gasteiger partial charge < -0.3 is 15.1 Å². The second-order valence-corrected chi connectivity index (χ2v) is 9.77. The van der Waals surface area contributed by atoms with Crippen LogP contribution >= 0.6 is 0 Å². The molecule has 1 aliphatic carbocycles. The number of rotatable bonds is 4. The average molecular weight is 431 g/mol. The van der Waals surface area contributed by atoms with E-state index in [0.29, 0.717) is 51.4 Å². The van der Waals surface area contributed by atoms with Gasteiger partial charge in [0.05, 0.1) is 6.04 Å². The molecule has 0 unspecified atom stereocenters. The fraction of sp³-hybridized carbons (Fsp3) is 0.739. The van der Waals surface area contributed by atoms with Gasteiger partial charge in [-0.15, -0.1) is 0 Å². The molecule has 0 bridgehead atoms. The molecular formula is C23H34N4O4. The molecule has 170 valence electrons. The highest BCUT2D eigenvalue weighted by molar-refractivity contribution is 6.07. The molecule has 2 atom stereocenters. The summed E-state index contributed by atoms with van der Waals surface area (Å²) < 4.78 is 0. The van der Waals surface area contributed by atoms with Gasteiger partial charge in [-0.2, -0.15) is 0 Å². The molecule has 0 saturated carbocycles. The molecule has 0 aromatic rings. The standard InChI is InChI=1S/C23H34N4O4/c1-16(2)20(29)25-12-9-23(10-13-25)21(30)27(22(31)24-23)18-8-5-11-26(15-18)19(28)14-17-6-3-4-7-17/h3,6,16-18H,4-5,7-15H2,1-2H3,(H,24,31)/t17-,18+/m1/s1. The smallest absolute Gasteiger partial charge is 0.325 e. The van der Waals surface area contributed by atoms with E-state index >= 15 is 0 Å². The molecule has 8 heteroatoms. The second-order valence-electron chi connectivity index (χ2n) is 9.77. The largest absolute Gasteiger partial charge is 0.342 e. The summed E-state index contributed by atoms with van der Waals surface area (Å²) in [6, 6.07) is -0.634. The van der Waals surface area contributed by atoms with E-state index in [9.17, 15) is 19.2 Å². The molecule has 0 radical (unpaired) electrons. The van der Waals surface area contributed by atoms with Crippen LogP contribution in [0.3, 0.4) is 0 Å². The first-order chi connectivity index (χ1) is 14.8. The van der Waals surface area contributed by atoms with Crippen LogP contribution in [0.25, 0.3) is 0 Å². The molecule has 1 N–H and O–H groups in total. The highest BCUT2D eigenvalue weighted by Gasteiger charge is 2.55. The lowest BCUT2D eigenvalue weighted by molar-refractivity contribution is -0.142. The molecule has 3 heterocycles. The van der Waals surface area contributed by atoms with Crippen molar-refractivity contribution in [1.29, 1.82) is 0 Å². The Balaban J connectivity index is 1.39. The van der Waals surface area contributed by atoms with Crippen LogP contribution in [0.2, 0.25) is 0 Å². The number of nitrogens with one attached hydrogen (secondary N) is 1. The van der Waals surface area contributed by atoms with Crippen molar-refractivity contribution < 1.29 is 19.2 Å². The van der Waals surface area contributed by atoms with Gasteiger partial charge in [-0.3, -0.25) is 19.3 Å². The molecule has 3 aliphatic heterocycles. The summed E-state index contributed by atoms with van der Waals surface area (Å²) in [4.78, 5) is 56.3. The molecule has 3 fully saturated rings. The first-order valence-electron chi connectivity index (χ1n) is 11.7. The maximum Gasteiger partial charge on any atom is 0.325 e. The van der Waals surface area contributed by atoms with Crippen molar-refractivity contribution in [2.75, 3.05) is 26.2 Å². The van der Waals surface area contributed by atoms with Gasteiger partial charge >= 0.3 is 6.03 Å². The van der Waals surface area contributed by atoms with Crippen LogP contribution in [-0.4, -0.2) is 76.2 Å². The van der Waals surface area contributed by atoms with E-state index in [0.717, 1.165) is 25.7 Å². The summed E-state index contributed by atoms with van der Waals surface area (Å²) >= 11 is 0. The second kappa shape index (κ2) is 8.63. The number of amides is 5. The van der Waals surface area contributed by atoms with Gasteiger partial charge in [0.1, 0.15) is 5.54 Å². The van der Waals surface area contributed by atoms with Crippen LogP contribution in [0.1, 0.15) is 58.8 Å². The summed E-state index contributed by atoms with van der Waals surface area (Å²) in [6.07, 6.45) is 9.21. The first kappa shape index (κ1) is 21.8. The molecule has 4 rings (SSSR count). The predicted octanol–water partition coefficient (Wildman–Crippen LogP) is 1.90. The SMILES string of the molecule is CC(C)C(=O)N1CCC2(CC1)NC(=O)N([C@H]1CCCN(C(=O)C[C@@H]3C=CCC3)C1)C2=O. The van der Waals surface area contributed by atoms with Crippen LogP contribution in [0.4, 0.5) is 4.79 Å². The third-order valence-corrected chi connectivity index (χ3v) is 7.28. The Kier molecular flexibility index (Phi) is 6.08. The zero-order valence-electron chi connectivity index (χ0n) is 18.6. The van der Waals surface area contributed by atoms with Gasteiger partial charge in [0.15, 0.2) is 0 Å². The van der Waals surface area contributed by atoms with E-state index in [-0.39, 0.29) is 35.7 Å². The van der Waals surface area contributed by atoms with Crippen molar-refractivity contribution in [3.8, 4) is 0 Å². The minimum atomic E-state index is -0.911. The summed E-state index contributed by atoms with van der Waals surface area (Å²) in [7, 11) is 0. The van der Waals surface area contributed by atoms with Crippen LogP contribution in [0.15, 0.2) is 12.2 Å². The maximum absolute atomic E-state index is 13.4.